The van der Waals surface area contributed by atoms with Gasteiger partial charge < -0.3 is 24.8 Å². The molecule has 0 saturated heterocycles. The summed E-state index contributed by atoms with van der Waals surface area (Å²) in [6.07, 6.45) is 1.31. The van der Waals surface area contributed by atoms with Gasteiger partial charge in [0, 0.05) is 0 Å². The molecule has 2 aliphatic rings. The minimum Gasteiger partial charge on any atom is -1.00 e. The fourth-order valence-corrected chi connectivity index (χ4v) is 7.78. The van der Waals surface area contributed by atoms with Crippen LogP contribution in [0, 0.1) is 12.8 Å². The minimum absolute atomic E-state index is 0. The summed E-state index contributed by atoms with van der Waals surface area (Å²) in [4.78, 5) is 3.75. The van der Waals surface area contributed by atoms with E-state index < -0.39 is 0 Å². The molecule has 1 fully saturated rings. The number of rotatable bonds is 2. The molecule has 0 amide bonds. The second-order valence-electron chi connectivity index (χ2n) is 7.06. The van der Waals surface area contributed by atoms with Gasteiger partial charge in [0.25, 0.3) is 0 Å². The van der Waals surface area contributed by atoms with E-state index >= 15 is 0 Å². The molecule has 2 unspecified atom stereocenters. The predicted molar refractivity (Wildman–Crippen MR) is 90.2 cm³/mol. The van der Waals surface area contributed by atoms with Crippen LogP contribution in [-0.4, -0.2) is 4.98 Å². The zero-order valence-electron chi connectivity index (χ0n) is 14.8. The van der Waals surface area contributed by atoms with Gasteiger partial charge in [0.15, 0.2) is 0 Å². The Kier molecular flexibility index (Phi) is 5.53. The number of fused-ring (bicyclic) bond motifs is 2. The van der Waals surface area contributed by atoms with E-state index in [9.17, 15) is 0 Å². The number of para-hydroxylation sites is 1. The maximum Gasteiger partial charge on any atom is -1.00 e. The van der Waals surface area contributed by atoms with Gasteiger partial charge in [-0.05, 0) is 0 Å². The molecule has 1 heterocycles. The van der Waals surface area contributed by atoms with Crippen molar-refractivity contribution in [3.63, 3.8) is 0 Å². The van der Waals surface area contributed by atoms with Crippen LogP contribution in [0.1, 0.15) is 39.7 Å². The first-order valence-electron chi connectivity index (χ1n) is 8.21. The average molecular weight is 396 g/mol. The maximum absolute atomic E-state index is 3.75. The molecule has 2 aromatic rings. The molecular formula is C20H23Cl2NTi. The maximum atomic E-state index is 3.75. The molecule has 1 nitrogen and oxygen atoms in total. The van der Waals surface area contributed by atoms with E-state index in [-0.39, 0.29) is 44.0 Å². The van der Waals surface area contributed by atoms with E-state index in [2.05, 4.69) is 63.9 Å². The summed E-state index contributed by atoms with van der Waals surface area (Å²) >= 11 is -0.256. The number of allylic oxidation sites excluding steroid dienone is 4. The molecule has 0 aliphatic heterocycles. The van der Waals surface area contributed by atoms with Crippen molar-refractivity contribution in [1.29, 1.82) is 0 Å². The first kappa shape index (κ1) is 19.9. The van der Waals surface area contributed by atoms with Crippen molar-refractivity contribution in [3.05, 3.63) is 52.1 Å². The van der Waals surface area contributed by atoms with E-state index in [1.165, 1.54) is 22.9 Å². The standard InChI is InChI=1S/C11H15.C9H8N.2ClH.Ti/c1-6-5-10-8(3)7(2)9(4)11(6)10;1-7-6-10-9-5-3-2-4-8(7)9;;;/h6H,5H2,1-4H3;2-5,10H,1H3;2*1H;/q;;;;+2/p-2. The number of aryl methyl sites for hydroxylation is 1. The molecule has 0 bridgehead atoms. The van der Waals surface area contributed by atoms with Gasteiger partial charge >= 0.3 is 142 Å². The molecule has 2 aliphatic carbocycles. The first-order valence-corrected chi connectivity index (χ1v) is 9.77. The smallest absolute Gasteiger partial charge is 1.00 e. The minimum atomic E-state index is -0.256. The summed E-state index contributed by atoms with van der Waals surface area (Å²) in [6.45, 7) is 11.8. The Balaban J connectivity index is 0.00000104. The Hall–Kier alpha value is -0.466. The molecule has 24 heavy (non-hydrogen) atoms. The zero-order valence-corrected chi connectivity index (χ0v) is 17.9. The summed E-state index contributed by atoms with van der Waals surface area (Å²) in [6, 6.07) is 8.75. The molecular weight excluding hydrogens is 373 g/mol. The monoisotopic (exact) mass is 395 g/mol. The largest absolute Gasteiger partial charge is 1.00 e. The van der Waals surface area contributed by atoms with Crippen molar-refractivity contribution in [2.45, 2.75) is 44.8 Å². The second kappa shape index (κ2) is 6.69. The molecule has 0 radical (unpaired) electrons. The predicted octanol–water partition coefficient (Wildman–Crippen LogP) is -0.943. The van der Waals surface area contributed by atoms with Gasteiger partial charge in [0.2, 0.25) is 0 Å². The Morgan fingerprint density at radius 1 is 1.04 bits per heavy atom. The van der Waals surface area contributed by atoms with Gasteiger partial charge in [0.1, 0.15) is 0 Å². The molecule has 1 saturated carbocycles. The fraction of sp³-hybridized carbons (Fsp3) is 0.400. The van der Waals surface area contributed by atoms with Crippen LogP contribution in [0.4, 0.5) is 0 Å². The van der Waals surface area contributed by atoms with Crippen LogP contribution in [0.25, 0.3) is 10.9 Å². The number of benzene rings is 1. The van der Waals surface area contributed by atoms with Crippen molar-refractivity contribution >= 4 is 14.9 Å². The third-order valence-electron chi connectivity index (χ3n) is 6.18. The summed E-state index contributed by atoms with van der Waals surface area (Å²) in [7, 11) is 0. The number of aromatic nitrogens is 1. The van der Waals surface area contributed by atoms with Crippen molar-refractivity contribution in [1.82, 2.24) is 4.98 Å². The molecule has 2 atom stereocenters. The Morgan fingerprint density at radius 2 is 1.71 bits per heavy atom. The van der Waals surface area contributed by atoms with Gasteiger partial charge in [-0.3, -0.25) is 0 Å². The molecule has 1 N–H and O–H groups in total. The van der Waals surface area contributed by atoms with Crippen molar-refractivity contribution in [2.75, 3.05) is 0 Å². The number of hydrogen-bond acceptors (Lipinski definition) is 0. The molecule has 1 aromatic carbocycles. The normalized spacial score (nSPS) is 25.0. The molecule has 4 heteroatoms. The number of halogens is 2. The van der Waals surface area contributed by atoms with Gasteiger partial charge in [-0.15, -0.1) is 0 Å². The summed E-state index contributed by atoms with van der Waals surface area (Å²) < 4.78 is 1.96. The topological polar surface area (TPSA) is 15.8 Å². The molecule has 126 valence electrons. The zero-order chi connectivity index (χ0) is 15.6. The summed E-state index contributed by atoms with van der Waals surface area (Å²) in [5.74, 6) is 0.806. The first-order chi connectivity index (χ1) is 10.5. The Morgan fingerprint density at radius 3 is 2.29 bits per heavy atom. The number of hydrogen-bond donors (Lipinski definition) is 1. The van der Waals surface area contributed by atoms with Crippen molar-refractivity contribution in [2.24, 2.45) is 5.92 Å². The number of H-pyrrole nitrogens is 1. The van der Waals surface area contributed by atoms with Crippen LogP contribution in [-0.2, 0) is 19.2 Å². The van der Waals surface area contributed by atoms with Crippen molar-refractivity contribution < 1.29 is 44.0 Å². The van der Waals surface area contributed by atoms with E-state index in [1.807, 2.05) is 0 Å². The third kappa shape index (κ3) is 2.40. The van der Waals surface area contributed by atoms with Crippen LogP contribution in [0.15, 0.2) is 46.6 Å². The van der Waals surface area contributed by atoms with E-state index in [4.69, 9.17) is 0 Å². The van der Waals surface area contributed by atoms with Crippen LogP contribution in [0.3, 0.4) is 0 Å². The average Bonchev–Trinajstić information content (AvgIpc) is 2.90. The Bertz CT molecular complexity index is 842. The van der Waals surface area contributed by atoms with Gasteiger partial charge in [-0.25, -0.2) is 0 Å². The second-order valence-corrected chi connectivity index (χ2v) is 9.47. The SMILES string of the molecule is CC1=C(C)[C]2([Ti+2][c]3[nH]c4ccccc4c3C)C(=C1C)CC2C.[Cl-].[Cl-]. The van der Waals surface area contributed by atoms with E-state index in [0.717, 1.165) is 5.92 Å². The van der Waals surface area contributed by atoms with Crippen molar-refractivity contribution in [3.8, 4) is 0 Å². The molecule has 4 rings (SSSR count). The van der Waals surface area contributed by atoms with Crippen LogP contribution < -0.4 is 28.8 Å². The van der Waals surface area contributed by atoms with Gasteiger partial charge in [-0.2, -0.15) is 0 Å². The van der Waals surface area contributed by atoms with Gasteiger partial charge in [0.05, 0.1) is 0 Å². The van der Waals surface area contributed by atoms with Crippen LogP contribution >= 0.6 is 0 Å². The van der Waals surface area contributed by atoms with E-state index in [1.54, 1.807) is 26.3 Å². The molecule has 0 spiro atoms. The summed E-state index contributed by atoms with van der Waals surface area (Å²) in [5.41, 5.74) is 9.37. The summed E-state index contributed by atoms with van der Waals surface area (Å²) in [5, 5.41) is 1.41. The fourth-order valence-electron chi connectivity index (χ4n) is 4.53. The quantitative estimate of drug-likeness (QED) is 0.631. The van der Waals surface area contributed by atoms with E-state index in [0.29, 0.717) is 3.72 Å². The van der Waals surface area contributed by atoms with Crippen LogP contribution in [0.2, 0.25) is 3.72 Å². The third-order valence-corrected chi connectivity index (χ3v) is 9.80. The molecule has 1 aromatic heterocycles. The number of nitrogens with one attached hydrogen (secondary N) is 1. The van der Waals surface area contributed by atoms with Gasteiger partial charge in [-0.1, -0.05) is 0 Å². The van der Waals surface area contributed by atoms with Crippen LogP contribution in [0.5, 0.6) is 0 Å². The Labute approximate surface area is 166 Å². The number of aromatic amines is 1.